The summed E-state index contributed by atoms with van der Waals surface area (Å²) in [5.41, 5.74) is 5.76. The predicted molar refractivity (Wildman–Crippen MR) is 96.4 cm³/mol. The van der Waals surface area contributed by atoms with Gasteiger partial charge >= 0.3 is 11.8 Å². The summed E-state index contributed by atoms with van der Waals surface area (Å²) in [4.78, 5) is 26.0. The van der Waals surface area contributed by atoms with Gasteiger partial charge in [0.05, 0.1) is 4.92 Å². The highest BCUT2D eigenvalue weighted by Crippen LogP contribution is 2.35. The maximum atomic E-state index is 11.9. The topological polar surface area (TPSA) is 130 Å². The summed E-state index contributed by atoms with van der Waals surface area (Å²) in [6.07, 6.45) is 0.745. The van der Waals surface area contributed by atoms with Crippen LogP contribution in [-0.4, -0.2) is 21.6 Å². The molecule has 9 nitrogen and oxygen atoms in total. The third kappa shape index (κ3) is 4.82. The lowest BCUT2D eigenvalue weighted by atomic mass is 10.2. The second-order valence-corrected chi connectivity index (χ2v) is 6.51. The molecule has 0 spiro atoms. The molecule has 1 amide bonds. The molecule has 0 atom stereocenters. The number of amides is 1. The van der Waals surface area contributed by atoms with Gasteiger partial charge in [0.15, 0.2) is 0 Å². The van der Waals surface area contributed by atoms with Crippen LogP contribution in [0, 0.1) is 17.0 Å². The molecule has 2 rings (SSSR count). The number of nitro groups is 1. The van der Waals surface area contributed by atoms with Gasteiger partial charge in [-0.1, -0.05) is 0 Å². The number of rotatable bonds is 4. The standard InChI is InChI=1S/C17H20N4O5/c1-10-9-11(5-6-12(10)20-16(22)26-17(2,3)4)25-13-7-8-19-15(18)14(13)21(23)24/h5-9H,1-4H3,(H2,18,19)(H,20,22). The van der Waals surface area contributed by atoms with Crippen LogP contribution in [0.25, 0.3) is 0 Å². The van der Waals surface area contributed by atoms with E-state index in [9.17, 15) is 14.9 Å². The summed E-state index contributed by atoms with van der Waals surface area (Å²) in [5, 5.41) is 13.8. The molecular weight excluding hydrogens is 340 g/mol. The van der Waals surface area contributed by atoms with E-state index in [2.05, 4.69) is 10.3 Å². The van der Waals surface area contributed by atoms with Crippen molar-refractivity contribution in [3.05, 3.63) is 46.1 Å². The van der Waals surface area contributed by atoms with Gasteiger partial charge in [0.2, 0.25) is 11.6 Å². The first-order valence-corrected chi connectivity index (χ1v) is 7.74. The van der Waals surface area contributed by atoms with Crippen molar-refractivity contribution in [2.24, 2.45) is 0 Å². The minimum Gasteiger partial charge on any atom is -0.450 e. The van der Waals surface area contributed by atoms with Gasteiger partial charge in [0, 0.05) is 18.0 Å². The normalized spacial score (nSPS) is 10.9. The van der Waals surface area contributed by atoms with E-state index in [1.807, 2.05) is 0 Å². The molecule has 2 aromatic rings. The van der Waals surface area contributed by atoms with E-state index >= 15 is 0 Å². The first kappa shape index (κ1) is 19.0. The van der Waals surface area contributed by atoms with Gasteiger partial charge in [-0.25, -0.2) is 9.78 Å². The molecule has 26 heavy (non-hydrogen) atoms. The molecule has 0 saturated carbocycles. The molecule has 0 bridgehead atoms. The lowest BCUT2D eigenvalue weighted by Gasteiger charge is -2.20. The highest BCUT2D eigenvalue weighted by atomic mass is 16.6. The Kier molecular flexibility index (Phi) is 5.30. The lowest BCUT2D eigenvalue weighted by molar-refractivity contribution is -0.384. The number of carbonyl (C=O) groups is 1. The quantitative estimate of drug-likeness (QED) is 0.622. The minimum atomic E-state index is -0.650. The molecular formula is C17H20N4O5. The molecule has 0 unspecified atom stereocenters. The van der Waals surface area contributed by atoms with Gasteiger partial charge in [-0.15, -0.1) is 0 Å². The molecule has 138 valence electrons. The van der Waals surface area contributed by atoms with Crippen LogP contribution in [0.5, 0.6) is 11.5 Å². The Morgan fingerprint density at radius 2 is 2.00 bits per heavy atom. The van der Waals surface area contributed by atoms with Crippen molar-refractivity contribution in [2.45, 2.75) is 33.3 Å². The summed E-state index contributed by atoms with van der Waals surface area (Å²) >= 11 is 0. The SMILES string of the molecule is Cc1cc(Oc2ccnc(N)c2[N+](=O)[O-])ccc1NC(=O)OC(C)(C)C. The average molecular weight is 360 g/mol. The number of pyridine rings is 1. The fourth-order valence-electron chi connectivity index (χ4n) is 2.10. The molecule has 1 aromatic carbocycles. The zero-order chi connectivity index (χ0) is 19.5. The van der Waals surface area contributed by atoms with Gasteiger partial charge in [-0.2, -0.15) is 0 Å². The number of hydrogen-bond acceptors (Lipinski definition) is 7. The maximum Gasteiger partial charge on any atom is 0.412 e. The van der Waals surface area contributed by atoms with Gasteiger partial charge in [-0.3, -0.25) is 15.4 Å². The van der Waals surface area contributed by atoms with E-state index in [0.717, 1.165) is 0 Å². The number of benzene rings is 1. The maximum absolute atomic E-state index is 11.9. The van der Waals surface area contributed by atoms with Crippen LogP contribution >= 0.6 is 0 Å². The zero-order valence-corrected chi connectivity index (χ0v) is 14.9. The number of carbonyl (C=O) groups excluding carboxylic acids is 1. The number of nitrogens with one attached hydrogen (secondary N) is 1. The van der Waals surface area contributed by atoms with Gasteiger partial charge in [-0.05, 0) is 51.5 Å². The van der Waals surface area contributed by atoms with Crippen LogP contribution in [0.15, 0.2) is 30.5 Å². The molecule has 1 heterocycles. The number of ether oxygens (including phenoxy) is 2. The third-order valence-corrected chi connectivity index (χ3v) is 3.16. The van der Waals surface area contributed by atoms with Crippen molar-refractivity contribution >= 4 is 23.3 Å². The Balaban J connectivity index is 2.20. The number of aryl methyl sites for hydroxylation is 1. The Hall–Kier alpha value is -3.36. The summed E-state index contributed by atoms with van der Waals surface area (Å²) in [6, 6.07) is 6.18. The smallest absolute Gasteiger partial charge is 0.412 e. The summed E-state index contributed by atoms with van der Waals surface area (Å²) in [7, 11) is 0. The summed E-state index contributed by atoms with van der Waals surface area (Å²) in [5.74, 6) is 0.105. The molecule has 9 heteroatoms. The molecule has 0 radical (unpaired) electrons. The van der Waals surface area contributed by atoms with Crippen molar-refractivity contribution in [3.8, 4) is 11.5 Å². The van der Waals surface area contributed by atoms with E-state index in [1.54, 1.807) is 45.9 Å². The first-order chi connectivity index (χ1) is 12.1. The van der Waals surface area contributed by atoms with E-state index < -0.39 is 22.3 Å². The Morgan fingerprint density at radius 3 is 2.58 bits per heavy atom. The number of aromatic nitrogens is 1. The molecule has 3 N–H and O–H groups in total. The van der Waals surface area contributed by atoms with Crippen LogP contribution in [0.3, 0.4) is 0 Å². The van der Waals surface area contributed by atoms with Crippen molar-refractivity contribution < 1.29 is 19.2 Å². The number of anilines is 2. The summed E-state index contributed by atoms with van der Waals surface area (Å²) in [6.45, 7) is 7.06. The highest BCUT2D eigenvalue weighted by Gasteiger charge is 2.21. The molecule has 0 saturated heterocycles. The van der Waals surface area contributed by atoms with Crippen molar-refractivity contribution in [3.63, 3.8) is 0 Å². The van der Waals surface area contributed by atoms with Crippen molar-refractivity contribution in [1.82, 2.24) is 4.98 Å². The first-order valence-electron chi connectivity index (χ1n) is 7.74. The van der Waals surface area contributed by atoms with Crippen LogP contribution < -0.4 is 15.8 Å². The fourth-order valence-corrected chi connectivity index (χ4v) is 2.10. The average Bonchev–Trinajstić information content (AvgIpc) is 2.48. The molecule has 0 aliphatic heterocycles. The molecule has 1 aromatic heterocycles. The van der Waals surface area contributed by atoms with Crippen LogP contribution in [0.2, 0.25) is 0 Å². The second-order valence-electron chi connectivity index (χ2n) is 6.51. The fraction of sp³-hybridized carbons (Fsp3) is 0.294. The second kappa shape index (κ2) is 7.26. The van der Waals surface area contributed by atoms with Crippen molar-refractivity contribution in [1.29, 1.82) is 0 Å². The van der Waals surface area contributed by atoms with Crippen LogP contribution in [-0.2, 0) is 4.74 Å². The van der Waals surface area contributed by atoms with Gasteiger partial charge in [0.1, 0.15) is 11.4 Å². The number of nitrogens with zero attached hydrogens (tertiary/aromatic N) is 2. The molecule has 0 aliphatic carbocycles. The Labute approximate surface area is 150 Å². The van der Waals surface area contributed by atoms with Gasteiger partial charge < -0.3 is 15.2 Å². The lowest BCUT2D eigenvalue weighted by Crippen LogP contribution is -2.27. The highest BCUT2D eigenvalue weighted by molar-refractivity contribution is 5.86. The van der Waals surface area contributed by atoms with E-state index in [4.69, 9.17) is 15.2 Å². The van der Waals surface area contributed by atoms with Crippen molar-refractivity contribution in [2.75, 3.05) is 11.1 Å². The van der Waals surface area contributed by atoms with E-state index in [1.165, 1.54) is 12.3 Å². The number of hydrogen-bond donors (Lipinski definition) is 2. The monoisotopic (exact) mass is 360 g/mol. The van der Waals surface area contributed by atoms with Gasteiger partial charge in [0.25, 0.3) is 0 Å². The van der Waals surface area contributed by atoms with Crippen LogP contribution in [0.4, 0.5) is 22.0 Å². The Morgan fingerprint density at radius 1 is 1.31 bits per heavy atom. The predicted octanol–water partition coefficient (Wildman–Crippen LogP) is 4.02. The van der Waals surface area contributed by atoms with E-state index in [0.29, 0.717) is 17.0 Å². The number of nitrogen functional groups attached to an aromatic ring is 1. The molecule has 0 aliphatic rings. The largest absolute Gasteiger partial charge is 0.450 e. The Bertz CT molecular complexity index is 846. The number of nitrogens with two attached hydrogens (primary N) is 1. The minimum absolute atomic E-state index is 0.0187. The molecule has 0 fully saturated rings. The third-order valence-electron chi connectivity index (χ3n) is 3.16. The summed E-state index contributed by atoms with van der Waals surface area (Å²) < 4.78 is 10.8. The van der Waals surface area contributed by atoms with Crippen LogP contribution in [0.1, 0.15) is 26.3 Å². The zero-order valence-electron chi connectivity index (χ0n) is 14.9. The van der Waals surface area contributed by atoms with E-state index in [-0.39, 0.29) is 11.6 Å².